The molecule has 0 aliphatic carbocycles. The summed E-state index contributed by atoms with van der Waals surface area (Å²) in [6, 6.07) is 27.7. The van der Waals surface area contributed by atoms with E-state index in [0.29, 0.717) is 13.1 Å². The molecule has 1 fully saturated rings. The summed E-state index contributed by atoms with van der Waals surface area (Å²) in [4.78, 5) is 28.0. The fourth-order valence-electron chi connectivity index (χ4n) is 5.80. The number of carbonyl (C=O) groups is 2. The fourth-order valence-corrected chi connectivity index (χ4v) is 5.80. The van der Waals surface area contributed by atoms with Crippen LogP contribution in [0.5, 0.6) is 11.5 Å². The van der Waals surface area contributed by atoms with Crippen LogP contribution < -0.4 is 9.47 Å². The normalized spacial score (nSPS) is 13.8. The number of methoxy groups -OCH3 is 2. The second-order valence-corrected chi connectivity index (χ2v) is 12.3. The van der Waals surface area contributed by atoms with Crippen LogP contribution in [0, 0.1) is 0 Å². The predicted molar refractivity (Wildman–Crippen MR) is 174 cm³/mol. The third-order valence-electron chi connectivity index (χ3n) is 7.98. The van der Waals surface area contributed by atoms with Gasteiger partial charge in [0.2, 0.25) is 0 Å². The molecule has 2 heterocycles. The van der Waals surface area contributed by atoms with Crippen LogP contribution in [0.2, 0.25) is 0 Å². The van der Waals surface area contributed by atoms with Crippen molar-refractivity contribution in [2.75, 3.05) is 27.3 Å². The summed E-state index contributed by atoms with van der Waals surface area (Å²) < 4.78 is 24.4. The van der Waals surface area contributed by atoms with Crippen LogP contribution in [0.15, 0.2) is 84.9 Å². The summed E-state index contributed by atoms with van der Waals surface area (Å²) in [6.07, 6.45) is 1.17. The number of hydrogen-bond acceptors (Lipinski definition) is 6. The molecule has 8 heteroatoms. The van der Waals surface area contributed by atoms with Crippen molar-refractivity contribution in [1.29, 1.82) is 0 Å². The molecular weight excluding hydrogens is 568 g/mol. The van der Waals surface area contributed by atoms with Crippen LogP contribution >= 0.6 is 0 Å². The molecule has 0 spiro atoms. The lowest BCUT2D eigenvalue weighted by atomic mass is 9.93. The first-order valence-electron chi connectivity index (χ1n) is 15.3. The summed E-state index contributed by atoms with van der Waals surface area (Å²) in [7, 11) is 3.29. The molecule has 5 rings (SSSR count). The molecule has 1 aromatic heterocycles. The van der Waals surface area contributed by atoms with Crippen molar-refractivity contribution in [3.8, 4) is 33.9 Å². The van der Waals surface area contributed by atoms with Gasteiger partial charge in [-0.2, -0.15) is 0 Å². The number of hydrogen-bond donors (Lipinski definition) is 0. The number of ether oxygens (including phenoxy) is 4. The Kier molecular flexibility index (Phi) is 9.81. The molecule has 1 amide bonds. The van der Waals surface area contributed by atoms with Crippen LogP contribution in [0.3, 0.4) is 0 Å². The number of piperidine rings is 1. The number of benzene rings is 3. The molecule has 3 aromatic carbocycles. The number of esters is 1. The molecule has 1 aliphatic heterocycles. The Morgan fingerprint density at radius 3 is 1.93 bits per heavy atom. The highest BCUT2D eigenvalue weighted by atomic mass is 16.6. The molecule has 8 nitrogen and oxygen atoms in total. The number of aromatic nitrogens is 1. The van der Waals surface area contributed by atoms with Gasteiger partial charge in [0.05, 0.1) is 19.9 Å². The van der Waals surface area contributed by atoms with E-state index in [1.807, 2.05) is 99.6 Å². The zero-order valence-corrected chi connectivity index (χ0v) is 26.7. The van der Waals surface area contributed by atoms with Crippen LogP contribution in [-0.4, -0.2) is 54.4 Å². The monoisotopic (exact) mass is 610 g/mol. The van der Waals surface area contributed by atoms with Gasteiger partial charge in [0, 0.05) is 30.3 Å². The van der Waals surface area contributed by atoms with Gasteiger partial charge in [0.25, 0.3) is 0 Å². The molecule has 4 aromatic rings. The maximum absolute atomic E-state index is 13.4. The zero-order chi connectivity index (χ0) is 32.0. The highest BCUT2D eigenvalue weighted by Crippen LogP contribution is 2.41. The van der Waals surface area contributed by atoms with E-state index in [0.717, 1.165) is 58.0 Å². The van der Waals surface area contributed by atoms with Crippen molar-refractivity contribution < 1.29 is 28.5 Å². The standard InChI is InChI=1S/C37H42N2O6/c1-37(2,3)45-34(40)24-39-33(28-19-21-38(22-20-28)36(41)44-25-26-9-7-6-8-10-26)23-32(27-11-15-30(42-4)16-12-27)35(39)29-13-17-31(43-5)18-14-29/h6-18,23,28H,19-22,24-25H2,1-5H3. The van der Waals surface area contributed by atoms with Gasteiger partial charge in [-0.1, -0.05) is 42.5 Å². The molecule has 236 valence electrons. The minimum absolute atomic E-state index is 0.0590. The smallest absolute Gasteiger partial charge is 0.410 e. The molecule has 0 N–H and O–H groups in total. The molecule has 0 radical (unpaired) electrons. The Morgan fingerprint density at radius 2 is 1.38 bits per heavy atom. The van der Waals surface area contributed by atoms with Crippen molar-refractivity contribution in [3.05, 3.63) is 96.2 Å². The molecular formula is C37H42N2O6. The van der Waals surface area contributed by atoms with Gasteiger partial charge in [0.1, 0.15) is 30.3 Å². The Morgan fingerprint density at radius 1 is 0.800 bits per heavy atom. The van der Waals surface area contributed by atoms with E-state index < -0.39 is 5.60 Å². The van der Waals surface area contributed by atoms with Gasteiger partial charge in [0.15, 0.2) is 0 Å². The maximum atomic E-state index is 13.4. The topological polar surface area (TPSA) is 79.2 Å². The summed E-state index contributed by atoms with van der Waals surface area (Å²) >= 11 is 0. The van der Waals surface area contributed by atoms with Gasteiger partial charge in [-0.3, -0.25) is 4.79 Å². The average molecular weight is 611 g/mol. The minimum atomic E-state index is -0.616. The van der Waals surface area contributed by atoms with Gasteiger partial charge in [-0.25, -0.2) is 4.79 Å². The second-order valence-electron chi connectivity index (χ2n) is 12.3. The predicted octanol–water partition coefficient (Wildman–Crippen LogP) is 7.70. The molecule has 0 unspecified atom stereocenters. The van der Waals surface area contributed by atoms with Crippen molar-refractivity contribution in [2.24, 2.45) is 0 Å². The zero-order valence-electron chi connectivity index (χ0n) is 26.7. The van der Waals surface area contributed by atoms with Gasteiger partial charge in [-0.15, -0.1) is 0 Å². The van der Waals surface area contributed by atoms with E-state index in [-0.39, 0.29) is 31.1 Å². The lowest BCUT2D eigenvalue weighted by molar-refractivity contribution is -0.155. The van der Waals surface area contributed by atoms with Crippen LogP contribution in [0.4, 0.5) is 4.79 Å². The van der Waals surface area contributed by atoms with E-state index in [2.05, 4.69) is 10.6 Å². The van der Waals surface area contributed by atoms with Crippen LogP contribution in [0.1, 0.15) is 50.8 Å². The molecule has 0 atom stereocenters. The Labute approximate surface area is 265 Å². The first-order valence-corrected chi connectivity index (χ1v) is 15.3. The summed E-state index contributed by atoms with van der Waals surface area (Å²) in [5.41, 5.74) is 5.27. The minimum Gasteiger partial charge on any atom is -0.497 e. The van der Waals surface area contributed by atoms with Gasteiger partial charge < -0.3 is 28.4 Å². The number of nitrogens with zero attached hydrogens (tertiary/aromatic N) is 2. The van der Waals surface area contributed by atoms with E-state index in [1.165, 1.54) is 0 Å². The Bertz CT molecular complexity index is 1580. The van der Waals surface area contributed by atoms with Crippen LogP contribution in [-0.2, 0) is 27.4 Å². The van der Waals surface area contributed by atoms with Crippen molar-refractivity contribution in [3.63, 3.8) is 0 Å². The van der Waals surface area contributed by atoms with Crippen molar-refractivity contribution in [1.82, 2.24) is 9.47 Å². The summed E-state index contributed by atoms with van der Waals surface area (Å²) in [6.45, 7) is 7.05. The SMILES string of the molecule is COc1ccc(-c2cc(C3CCN(C(=O)OCc4ccccc4)CC3)n(CC(=O)OC(C)(C)C)c2-c2ccc(OC)cc2)cc1. The summed E-state index contributed by atoms with van der Waals surface area (Å²) in [5.74, 6) is 1.33. The third-order valence-corrected chi connectivity index (χ3v) is 7.98. The number of rotatable bonds is 9. The molecule has 1 aliphatic rings. The number of amides is 1. The lowest BCUT2D eigenvalue weighted by Gasteiger charge is -2.32. The quantitative estimate of drug-likeness (QED) is 0.181. The van der Waals surface area contributed by atoms with Crippen LogP contribution in [0.25, 0.3) is 22.4 Å². The van der Waals surface area contributed by atoms with Crippen molar-refractivity contribution in [2.45, 2.75) is 58.3 Å². The maximum Gasteiger partial charge on any atom is 0.410 e. The fraction of sp³-hybridized carbons (Fsp3) is 0.351. The van der Waals surface area contributed by atoms with E-state index in [1.54, 1.807) is 19.1 Å². The summed E-state index contributed by atoms with van der Waals surface area (Å²) in [5, 5.41) is 0. The van der Waals surface area contributed by atoms with Gasteiger partial charge >= 0.3 is 12.1 Å². The first-order chi connectivity index (χ1) is 21.6. The highest BCUT2D eigenvalue weighted by molar-refractivity contribution is 5.84. The van der Waals surface area contributed by atoms with E-state index in [4.69, 9.17) is 18.9 Å². The number of likely N-dealkylation sites (tertiary alicyclic amines) is 1. The first kappa shape index (κ1) is 31.7. The largest absolute Gasteiger partial charge is 0.497 e. The van der Waals surface area contributed by atoms with E-state index in [9.17, 15) is 9.59 Å². The Balaban J connectivity index is 1.48. The lowest BCUT2D eigenvalue weighted by Crippen LogP contribution is -2.38. The van der Waals surface area contributed by atoms with Crippen molar-refractivity contribution >= 4 is 12.1 Å². The molecule has 0 bridgehead atoms. The number of carbonyl (C=O) groups excluding carboxylic acids is 2. The molecule has 0 saturated carbocycles. The highest BCUT2D eigenvalue weighted by Gasteiger charge is 2.30. The van der Waals surface area contributed by atoms with Gasteiger partial charge in [-0.05, 0) is 92.8 Å². The van der Waals surface area contributed by atoms with E-state index >= 15 is 0 Å². The second kappa shape index (κ2) is 13.9. The Hall–Kier alpha value is -4.72. The average Bonchev–Trinajstić information content (AvgIpc) is 3.42. The molecule has 1 saturated heterocycles. The molecule has 45 heavy (non-hydrogen) atoms. The third kappa shape index (κ3) is 7.87.